The lowest BCUT2D eigenvalue weighted by Crippen LogP contribution is -2.43. The molecular formula is C12H12ClN3O3S. The maximum absolute atomic E-state index is 11.9. The van der Waals surface area contributed by atoms with Gasteiger partial charge in [-0.1, -0.05) is 23.4 Å². The van der Waals surface area contributed by atoms with Crippen LogP contribution in [0, 0.1) is 0 Å². The monoisotopic (exact) mass is 313 g/mol. The Balaban J connectivity index is 2.03. The standard InChI is InChI=1S/C12H12ClN3O3S/c13-7-1-2-8(14)9(5-7)15-10(17)6-16-11(18)3-4-20-12(16)19/h1-2,5H,3-4,6,14H2,(H,15,17). The van der Waals surface area contributed by atoms with E-state index in [1.54, 1.807) is 12.1 Å². The van der Waals surface area contributed by atoms with E-state index in [0.29, 0.717) is 22.2 Å². The molecule has 0 bridgehead atoms. The van der Waals surface area contributed by atoms with Gasteiger partial charge in [0.05, 0.1) is 11.4 Å². The van der Waals surface area contributed by atoms with Crippen LogP contribution in [-0.4, -0.2) is 34.3 Å². The van der Waals surface area contributed by atoms with Gasteiger partial charge in [0.2, 0.25) is 11.8 Å². The highest BCUT2D eigenvalue weighted by atomic mass is 35.5. The summed E-state index contributed by atoms with van der Waals surface area (Å²) in [6, 6.07) is 4.66. The maximum atomic E-state index is 11.9. The Hall–Kier alpha value is -1.73. The number of nitrogens with two attached hydrogens (primary N) is 1. The van der Waals surface area contributed by atoms with E-state index >= 15 is 0 Å². The van der Waals surface area contributed by atoms with E-state index in [4.69, 9.17) is 17.3 Å². The second-order valence-corrected chi connectivity index (χ2v) is 5.61. The molecule has 1 heterocycles. The van der Waals surface area contributed by atoms with Crippen molar-refractivity contribution in [3.63, 3.8) is 0 Å². The van der Waals surface area contributed by atoms with Crippen LogP contribution in [0.15, 0.2) is 18.2 Å². The van der Waals surface area contributed by atoms with Crippen LogP contribution in [-0.2, 0) is 9.59 Å². The minimum atomic E-state index is -0.497. The molecule has 1 aromatic carbocycles. The number of hydrogen-bond donors (Lipinski definition) is 2. The van der Waals surface area contributed by atoms with E-state index in [9.17, 15) is 14.4 Å². The lowest BCUT2D eigenvalue weighted by Gasteiger charge is -2.23. The number of nitrogens with one attached hydrogen (secondary N) is 1. The van der Waals surface area contributed by atoms with Crippen molar-refractivity contribution >= 4 is 51.8 Å². The van der Waals surface area contributed by atoms with E-state index in [-0.39, 0.29) is 18.9 Å². The quantitative estimate of drug-likeness (QED) is 0.832. The number of imide groups is 1. The van der Waals surface area contributed by atoms with Crippen molar-refractivity contribution in [3.05, 3.63) is 23.2 Å². The van der Waals surface area contributed by atoms with Crippen molar-refractivity contribution in [2.75, 3.05) is 23.3 Å². The molecule has 0 saturated carbocycles. The average Bonchev–Trinajstić information content (AvgIpc) is 2.38. The highest BCUT2D eigenvalue weighted by molar-refractivity contribution is 8.13. The van der Waals surface area contributed by atoms with E-state index in [2.05, 4.69) is 5.32 Å². The Bertz CT molecular complexity index is 563. The molecule has 2 rings (SSSR count). The zero-order chi connectivity index (χ0) is 14.7. The molecule has 0 aliphatic carbocycles. The molecule has 0 unspecified atom stereocenters. The van der Waals surface area contributed by atoms with E-state index in [1.165, 1.54) is 6.07 Å². The predicted octanol–water partition coefficient (Wildman–Crippen LogP) is 1.95. The van der Waals surface area contributed by atoms with Crippen molar-refractivity contribution in [3.8, 4) is 0 Å². The van der Waals surface area contributed by atoms with Gasteiger partial charge < -0.3 is 11.1 Å². The van der Waals surface area contributed by atoms with Crippen LogP contribution in [0.5, 0.6) is 0 Å². The molecule has 1 aromatic rings. The first-order chi connectivity index (χ1) is 9.47. The molecule has 20 heavy (non-hydrogen) atoms. The number of carbonyl (C=O) groups excluding carboxylic acids is 3. The van der Waals surface area contributed by atoms with Crippen molar-refractivity contribution < 1.29 is 14.4 Å². The number of anilines is 2. The smallest absolute Gasteiger partial charge is 0.288 e. The number of halogens is 1. The average molecular weight is 314 g/mol. The summed E-state index contributed by atoms with van der Waals surface area (Å²) in [5, 5.41) is 2.55. The first kappa shape index (κ1) is 14.7. The number of benzene rings is 1. The number of thioether (sulfide) groups is 1. The lowest BCUT2D eigenvalue weighted by atomic mass is 10.2. The molecule has 3 amide bonds. The number of amides is 3. The Morgan fingerprint density at radius 2 is 2.20 bits per heavy atom. The van der Waals surface area contributed by atoms with Gasteiger partial charge in [-0.2, -0.15) is 0 Å². The number of hydrogen-bond acceptors (Lipinski definition) is 5. The molecule has 1 fully saturated rings. The van der Waals surface area contributed by atoms with Gasteiger partial charge >= 0.3 is 0 Å². The third-order valence-corrected chi connectivity index (χ3v) is 3.76. The van der Waals surface area contributed by atoms with Crippen LogP contribution in [0.25, 0.3) is 0 Å². The van der Waals surface area contributed by atoms with Gasteiger partial charge in [-0.05, 0) is 18.2 Å². The molecule has 0 aromatic heterocycles. The van der Waals surface area contributed by atoms with E-state index in [1.807, 2.05) is 0 Å². The fourth-order valence-corrected chi connectivity index (χ4v) is 2.61. The number of carbonyl (C=O) groups is 3. The normalized spacial score (nSPS) is 15.3. The van der Waals surface area contributed by atoms with Crippen LogP contribution in [0.2, 0.25) is 5.02 Å². The largest absolute Gasteiger partial charge is 0.397 e. The van der Waals surface area contributed by atoms with Crippen LogP contribution in [0.4, 0.5) is 16.2 Å². The summed E-state index contributed by atoms with van der Waals surface area (Å²) >= 11 is 6.83. The van der Waals surface area contributed by atoms with Gasteiger partial charge in [-0.25, -0.2) is 0 Å². The molecule has 0 atom stereocenters. The summed E-state index contributed by atoms with van der Waals surface area (Å²) in [4.78, 5) is 35.9. The van der Waals surface area contributed by atoms with Gasteiger partial charge in [-0.3, -0.25) is 19.3 Å². The van der Waals surface area contributed by atoms with Crippen molar-refractivity contribution in [2.24, 2.45) is 0 Å². The van der Waals surface area contributed by atoms with E-state index in [0.717, 1.165) is 16.7 Å². The molecule has 6 nitrogen and oxygen atoms in total. The summed E-state index contributed by atoms with van der Waals surface area (Å²) in [7, 11) is 0. The summed E-state index contributed by atoms with van der Waals surface area (Å²) in [6.45, 7) is -0.323. The first-order valence-electron chi connectivity index (χ1n) is 5.79. The number of nitrogens with zero attached hydrogens (tertiary/aromatic N) is 1. The number of nitrogen functional groups attached to an aromatic ring is 1. The van der Waals surface area contributed by atoms with Gasteiger partial charge in [0.1, 0.15) is 6.54 Å². The van der Waals surface area contributed by atoms with Crippen molar-refractivity contribution in [2.45, 2.75) is 6.42 Å². The second kappa shape index (κ2) is 6.15. The van der Waals surface area contributed by atoms with Crippen LogP contribution in [0.3, 0.4) is 0 Å². The van der Waals surface area contributed by atoms with E-state index < -0.39 is 11.1 Å². The summed E-state index contributed by atoms with van der Waals surface area (Å²) in [5.41, 5.74) is 6.41. The summed E-state index contributed by atoms with van der Waals surface area (Å²) < 4.78 is 0. The predicted molar refractivity (Wildman–Crippen MR) is 78.7 cm³/mol. The highest BCUT2D eigenvalue weighted by Crippen LogP contribution is 2.23. The zero-order valence-electron chi connectivity index (χ0n) is 10.4. The Labute approximate surface area is 124 Å². The van der Waals surface area contributed by atoms with Gasteiger partial charge in [0.15, 0.2) is 0 Å². The zero-order valence-corrected chi connectivity index (χ0v) is 12.0. The van der Waals surface area contributed by atoms with Crippen LogP contribution in [0.1, 0.15) is 6.42 Å². The molecular weight excluding hydrogens is 302 g/mol. The van der Waals surface area contributed by atoms with Gasteiger partial charge in [0, 0.05) is 17.2 Å². The van der Waals surface area contributed by atoms with Crippen LogP contribution < -0.4 is 11.1 Å². The van der Waals surface area contributed by atoms with Gasteiger partial charge in [-0.15, -0.1) is 0 Å². The van der Waals surface area contributed by atoms with Gasteiger partial charge in [0.25, 0.3) is 5.24 Å². The fraction of sp³-hybridized carbons (Fsp3) is 0.250. The maximum Gasteiger partial charge on any atom is 0.288 e. The lowest BCUT2D eigenvalue weighted by molar-refractivity contribution is -0.131. The molecule has 3 N–H and O–H groups in total. The van der Waals surface area contributed by atoms with Crippen molar-refractivity contribution in [1.29, 1.82) is 0 Å². The fourth-order valence-electron chi connectivity index (χ4n) is 1.66. The molecule has 0 spiro atoms. The molecule has 106 valence electrons. The molecule has 1 aliphatic heterocycles. The summed E-state index contributed by atoms with van der Waals surface area (Å²) in [5.74, 6) is -0.386. The van der Waals surface area contributed by atoms with Crippen molar-refractivity contribution in [1.82, 2.24) is 4.90 Å². The molecule has 1 aliphatic rings. The summed E-state index contributed by atoms with van der Waals surface area (Å²) in [6.07, 6.45) is 0.253. The minimum Gasteiger partial charge on any atom is -0.397 e. The third-order valence-electron chi connectivity index (χ3n) is 2.65. The Morgan fingerprint density at radius 3 is 2.90 bits per heavy atom. The minimum absolute atomic E-state index is 0.253. The topological polar surface area (TPSA) is 92.5 Å². The third kappa shape index (κ3) is 3.43. The SMILES string of the molecule is Nc1ccc(Cl)cc1NC(=O)CN1C(=O)CCSC1=O. The number of rotatable bonds is 3. The molecule has 8 heteroatoms. The second-order valence-electron chi connectivity index (χ2n) is 4.12. The Morgan fingerprint density at radius 1 is 1.45 bits per heavy atom. The Kier molecular flexibility index (Phi) is 4.51. The highest BCUT2D eigenvalue weighted by Gasteiger charge is 2.28. The molecule has 1 saturated heterocycles. The van der Waals surface area contributed by atoms with Crippen LogP contribution >= 0.6 is 23.4 Å². The molecule has 0 radical (unpaired) electrons. The first-order valence-corrected chi connectivity index (χ1v) is 7.15.